The maximum Gasteiger partial charge on any atom is 0.569 e. The molecule has 0 spiro atoms. The van der Waals surface area contributed by atoms with Gasteiger partial charge in [-0.1, -0.05) is 160 Å². The number of fused-ring (bicyclic) bond motifs is 4. The van der Waals surface area contributed by atoms with Crippen molar-refractivity contribution in [3.63, 3.8) is 0 Å². The van der Waals surface area contributed by atoms with Gasteiger partial charge in [0, 0.05) is 38.3 Å². The number of carbonyl (C=O) groups is 2. The Hall–Kier alpha value is -7.30. The number of aryl methyl sites for hydroxylation is 1. The zero-order chi connectivity index (χ0) is 48.9. The third-order valence-electron chi connectivity index (χ3n) is 13.4. The fraction of sp³-hybridized carbons (Fsp3) is 0.213. The standard InChI is InChI=1S/C61H58BN2O6/c1-40-23-25-41(26-24-40)36-68-38-56-51-21-13-9-17-47(51)55(48-18-10-14-22-52(48)56)35-64(6)60(66)53-32-29-43(33-58(53)61(2,3)4)59(65)63(5)34-54-45-15-7-11-19-49(45)57(50-20-12-8-16-46(50)54)39-69-37-42-27-30-44(31-28-42)70-62-67/h7-33,67H,34-39H2,1-6H3. The molecule has 0 unspecified atom stereocenters. The summed E-state index contributed by atoms with van der Waals surface area (Å²) in [4.78, 5) is 32.9. The van der Waals surface area contributed by atoms with Gasteiger partial charge in [0.25, 0.3) is 11.8 Å². The van der Waals surface area contributed by atoms with Gasteiger partial charge in [0.05, 0.1) is 32.2 Å². The second-order valence-electron chi connectivity index (χ2n) is 19.3. The molecule has 0 aromatic heterocycles. The number of nitrogens with zero attached hydrogens (tertiary/aromatic N) is 2. The minimum absolute atomic E-state index is 0.109. The summed E-state index contributed by atoms with van der Waals surface area (Å²) in [7, 11) is 4.38. The average Bonchev–Trinajstić information content (AvgIpc) is 3.37. The van der Waals surface area contributed by atoms with Crippen molar-refractivity contribution in [1.82, 2.24) is 9.80 Å². The van der Waals surface area contributed by atoms with E-state index in [4.69, 9.17) is 19.2 Å². The first-order valence-corrected chi connectivity index (χ1v) is 23.8. The Bertz CT molecular complexity index is 3250. The van der Waals surface area contributed by atoms with Crippen LogP contribution in [0.3, 0.4) is 0 Å². The Morgan fingerprint density at radius 2 is 0.886 bits per heavy atom. The van der Waals surface area contributed by atoms with E-state index in [0.29, 0.717) is 64.1 Å². The quantitative estimate of drug-likeness (QED) is 0.0767. The molecule has 0 bridgehead atoms. The third-order valence-corrected chi connectivity index (χ3v) is 13.4. The molecule has 9 aromatic rings. The van der Waals surface area contributed by atoms with Gasteiger partial charge in [-0.3, -0.25) is 9.59 Å². The van der Waals surface area contributed by atoms with E-state index in [0.717, 1.165) is 82.0 Å². The predicted octanol–water partition coefficient (Wildman–Crippen LogP) is 12.8. The molecular formula is C61H58BN2O6. The second-order valence-corrected chi connectivity index (χ2v) is 19.3. The van der Waals surface area contributed by atoms with Crippen molar-refractivity contribution in [2.75, 3.05) is 14.1 Å². The van der Waals surface area contributed by atoms with E-state index in [1.54, 1.807) is 28.0 Å². The van der Waals surface area contributed by atoms with Gasteiger partial charge in [-0.05, 0) is 125 Å². The first kappa shape index (κ1) is 47.8. The summed E-state index contributed by atoms with van der Waals surface area (Å²) in [5.74, 6) is 0.302. The number of ether oxygens (including phenoxy) is 2. The van der Waals surface area contributed by atoms with Crippen molar-refractivity contribution in [1.29, 1.82) is 0 Å². The van der Waals surface area contributed by atoms with E-state index in [-0.39, 0.29) is 11.8 Å². The molecule has 1 radical (unpaired) electrons. The highest BCUT2D eigenvalue weighted by Gasteiger charge is 2.28. The molecule has 0 heterocycles. The van der Waals surface area contributed by atoms with Crippen molar-refractivity contribution in [3.8, 4) is 5.75 Å². The van der Waals surface area contributed by atoms with Crippen molar-refractivity contribution < 1.29 is 28.7 Å². The summed E-state index contributed by atoms with van der Waals surface area (Å²) < 4.78 is 17.7. The van der Waals surface area contributed by atoms with Crippen molar-refractivity contribution in [2.45, 2.75) is 72.6 Å². The molecule has 0 aliphatic rings. The number of amides is 2. The minimum atomic E-state index is -0.443. The molecule has 70 heavy (non-hydrogen) atoms. The predicted molar refractivity (Wildman–Crippen MR) is 283 cm³/mol. The molecule has 0 saturated heterocycles. The molecule has 9 heteroatoms. The lowest BCUT2D eigenvalue weighted by Gasteiger charge is -2.27. The number of hydrogen-bond acceptors (Lipinski definition) is 6. The highest BCUT2D eigenvalue weighted by Crippen LogP contribution is 2.37. The lowest BCUT2D eigenvalue weighted by molar-refractivity contribution is 0.0772. The van der Waals surface area contributed by atoms with Crippen molar-refractivity contribution >= 4 is 62.6 Å². The molecule has 1 N–H and O–H groups in total. The number of carbonyl (C=O) groups excluding carboxylic acids is 2. The highest BCUT2D eigenvalue weighted by molar-refractivity contribution is 6.17. The van der Waals surface area contributed by atoms with Gasteiger partial charge in [-0.25, -0.2) is 0 Å². The van der Waals surface area contributed by atoms with Gasteiger partial charge in [0.15, 0.2) is 0 Å². The van der Waals surface area contributed by atoms with Crippen LogP contribution >= 0.6 is 0 Å². The third kappa shape index (κ3) is 10.1. The number of hydrogen-bond donors (Lipinski definition) is 1. The maximum atomic E-state index is 14.7. The zero-order valence-corrected chi connectivity index (χ0v) is 40.8. The topological polar surface area (TPSA) is 88.5 Å². The Labute approximate surface area is 411 Å². The Kier molecular flexibility index (Phi) is 14.2. The van der Waals surface area contributed by atoms with Gasteiger partial charge >= 0.3 is 7.69 Å². The molecular weight excluding hydrogens is 867 g/mol. The van der Waals surface area contributed by atoms with Crippen LogP contribution < -0.4 is 4.65 Å². The van der Waals surface area contributed by atoms with E-state index in [1.165, 1.54) is 5.56 Å². The average molecular weight is 926 g/mol. The molecule has 0 aliphatic heterocycles. The van der Waals surface area contributed by atoms with Crippen LogP contribution in [-0.4, -0.2) is 48.4 Å². The molecule has 351 valence electrons. The molecule has 0 saturated carbocycles. The molecule has 9 rings (SSSR count). The van der Waals surface area contributed by atoms with Gasteiger partial charge in [0.1, 0.15) is 0 Å². The van der Waals surface area contributed by atoms with E-state index < -0.39 is 5.41 Å². The summed E-state index contributed by atoms with van der Waals surface area (Å²) in [6.45, 7) is 10.9. The molecule has 0 aliphatic carbocycles. The van der Waals surface area contributed by atoms with E-state index in [2.05, 4.69) is 125 Å². The van der Waals surface area contributed by atoms with Crippen LogP contribution in [0.25, 0.3) is 43.1 Å². The summed E-state index contributed by atoms with van der Waals surface area (Å²) >= 11 is 0. The number of rotatable bonds is 16. The van der Waals surface area contributed by atoms with E-state index in [9.17, 15) is 9.59 Å². The maximum absolute atomic E-state index is 14.7. The molecule has 8 nitrogen and oxygen atoms in total. The van der Waals surface area contributed by atoms with Crippen molar-refractivity contribution in [3.05, 3.63) is 219 Å². The summed E-state index contributed by atoms with van der Waals surface area (Å²) in [6.07, 6.45) is 0. The van der Waals surface area contributed by atoms with Crippen molar-refractivity contribution in [2.24, 2.45) is 0 Å². The first-order chi connectivity index (χ1) is 33.9. The minimum Gasteiger partial charge on any atom is -0.537 e. The van der Waals surface area contributed by atoms with Crippen LogP contribution in [0.2, 0.25) is 0 Å². The Morgan fingerprint density at radius 1 is 0.500 bits per heavy atom. The lowest BCUT2D eigenvalue weighted by Crippen LogP contribution is -2.31. The Morgan fingerprint density at radius 3 is 1.29 bits per heavy atom. The Balaban J connectivity index is 0.962. The first-order valence-electron chi connectivity index (χ1n) is 23.8. The fourth-order valence-corrected chi connectivity index (χ4v) is 9.75. The zero-order valence-electron chi connectivity index (χ0n) is 40.8. The normalized spacial score (nSPS) is 11.6. The largest absolute Gasteiger partial charge is 0.569 e. The SMILES string of the molecule is Cc1ccc(COCc2c3ccccc3c(CN(C)C(=O)c3ccc(C(=O)N(C)Cc4c5ccccc5c(COCc5ccc(O[B]O)cc5)c5ccccc45)cc3C(C)(C)C)c3ccccc23)cc1. The second kappa shape index (κ2) is 20.7. The molecule has 2 amide bonds. The molecule has 9 aromatic carbocycles. The van der Waals surface area contributed by atoms with E-state index in [1.807, 2.05) is 62.6 Å². The van der Waals surface area contributed by atoms with Crippen LogP contribution in [-0.2, 0) is 54.4 Å². The molecule has 0 fully saturated rings. The van der Waals surface area contributed by atoms with Gasteiger partial charge in [-0.2, -0.15) is 0 Å². The van der Waals surface area contributed by atoms with Crippen LogP contribution in [0.5, 0.6) is 5.75 Å². The van der Waals surface area contributed by atoms with Gasteiger partial charge in [-0.15, -0.1) is 0 Å². The molecule has 0 atom stereocenters. The van der Waals surface area contributed by atoms with Crippen LogP contribution in [0, 0.1) is 6.92 Å². The van der Waals surface area contributed by atoms with Crippen LogP contribution in [0.15, 0.2) is 164 Å². The van der Waals surface area contributed by atoms with Gasteiger partial charge in [0.2, 0.25) is 0 Å². The highest BCUT2D eigenvalue weighted by atomic mass is 16.5. The number of benzene rings is 9. The van der Waals surface area contributed by atoms with Crippen LogP contribution in [0.4, 0.5) is 0 Å². The smallest absolute Gasteiger partial charge is 0.537 e. The summed E-state index contributed by atoms with van der Waals surface area (Å²) in [5.41, 5.74) is 9.14. The lowest BCUT2D eigenvalue weighted by atomic mass is 9.82. The summed E-state index contributed by atoms with van der Waals surface area (Å²) in [5, 5.41) is 17.6. The van der Waals surface area contributed by atoms with E-state index >= 15 is 0 Å². The monoisotopic (exact) mass is 925 g/mol. The van der Waals surface area contributed by atoms with Crippen LogP contribution in [0.1, 0.15) is 86.0 Å². The van der Waals surface area contributed by atoms with Gasteiger partial charge < -0.3 is 29.0 Å². The fourth-order valence-electron chi connectivity index (χ4n) is 9.75. The summed E-state index contributed by atoms with van der Waals surface area (Å²) in [6, 6.07) is 54.8.